The number of benzene rings is 1. The molecule has 2 rings (SSSR count). The number of aromatic nitrogens is 2. The van der Waals surface area contributed by atoms with E-state index in [1.54, 1.807) is 6.07 Å². The van der Waals surface area contributed by atoms with Crippen LogP contribution in [0, 0.1) is 5.82 Å². The number of rotatable bonds is 5. The molecule has 102 valence electrons. The summed E-state index contributed by atoms with van der Waals surface area (Å²) in [5.41, 5.74) is 0.236. The van der Waals surface area contributed by atoms with Gasteiger partial charge in [0, 0.05) is 18.1 Å². The van der Waals surface area contributed by atoms with E-state index in [0.29, 0.717) is 23.9 Å². The molecule has 0 amide bonds. The largest absolute Gasteiger partial charge is 0.485 e. The Morgan fingerprint density at radius 3 is 2.84 bits per heavy atom. The lowest BCUT2D eigenvalue weighted by Crippen LogP contribution is -2.00. The van der Waals surface area contributed by atoms with E-state index in [0.717, 1.165) is 0 Å². The van der Waals surface area contributed by atoms with Gasteiger partial charge in [-0.2, -0.15) is 4.98 Å². The highest BCUT2D eigenvalue weighted by molar-refractivity contribution is 5.30. The van der Waals surface area contributed by atoms with Crippen LogP contribution in [0.1, 0.15) is 37.2 Å². The van der Waals surface area contributed by atoms with Crippen LogP contribution < -0.4 is 4.74 Å². The van der Waals surface area contributed by atoms with Crippen molar-refractivity contribution in [3.05, 3.63) is 41.3 Å². The van der Waals surface area contributed by atoms with Gasteiger partial charge in [0.1, 0.15) is 11.6 Å². The SMILES string of the molecule is CCc1nc(COc2ccc([C@H](C)O)c(F)c2)no1. The Morgan fingerprint density at radius 2 is 2.26 bits per heavy atom. The molecular weight excluding hydrogens is 251 g/mol. The predicted octanol–water partition coefficient (Wildman–Crippen LogP) is 2.40. The number of halogens is 1. The van der Waals surface area contributed by atoms with Crippen LogP contribution in [0.5, 0.6) is 5.75 Å². The summed E-state index contributed by atoms with van der Waals surface area (Å²) in [5, 5.41) is 13.0. The van der Waals surface area contributed by atoms with Crippen LogP contribution in [-0.4, -0.2) is 15.2 Å². The standard InChI is InChI=1S/C13H15FN2O3/c1-3-13-15-12(16-19-13)7-18-9-4-5-10(8(2)17)11(14)6-9/h4-6,8,17H,3,7H2,1-2H3/t8-/m0/s1. The number of nitrogens with zero attached hydrogens (tertiary/aromatic N) is 2. The molecule has 0 aliphatic carbocycles. The molecule has 2 aromatic rings. The van der Waals surface area contributed by atoms with Crippen LogP contribution in [-0.2, 0) is 13.0 Å². The van der Waals surface area contributed by atoms with Crippen LogP contribution in [0.15, 0.2) is 22.7 Å². The summed E-state index contributed by atoms with van der Waals surface area (Å²) >= 11 is 0. The number of ether oxygens (including phenoxy) is 1. The normalized spacial score (nSPS) is 12.4. The van der Waals surface area contributed by atoms with Gasteiger partial charge < -0.3 is 14.4 Å². The molecule has 0 bridgehead atoms. The maximum atomic E-state index is 13.6. The third kappa shape index (κ3) is 3.29. The van der Waals surface area contributed by atoms with Gasteiger partial charge in [-0.15, -0.1) is 0 Å². The Labute approximate surface area is 110 Å². The van der Waals surface area contributed by atoms with Gasteiger partial charge in [0.25, 0.3) is 0 Å². The summed E-state index contributed by atoms with van der Waals surface area (Å²) in [6.45, 7) is 3.52. The van der Waals surface area contributed by atoms with Crippen LogP contribution in [0.25, 0.3) is 0 Å². The summed E-state index contributed by atoms with van der Waals surface area (Å²) in [4.78, 5) is 4.08. The molecule has 1 aromatic heterocycles. The summed E-state index contributed by atoms with van der Waals surface area (Å²) in [5.74, 6) is 0.797. The van der Waals surface area contributed by atoms with Gasteiger partial charge >= 0.3 is 0 Å². The van der Waals surface area contributed by atoms with Gasteiger partial charge in [-0.25, -0.2) is 4.39 Å². The fourth-order valence-corrected chi connectivity index (χ4v) is 1.58. The number of aliphatic hydroxyl groups is 1. The molecule has 0 fully saturated rings. The number of aryl methyl sites for hydroxylation is 1. The van der Waals surface area contributed by atoms with Gasteiger partial charge in [0.05, 0.1) is 6.10 Å². The lowest BCUT2D eigenvalue weighted by molar-refractivity contribution is 0.193. The molecule has 1 heterocycles. The molecule has 1 atom stereocenters. The van der Waals surface area contributed by atoms with Crippen molar-refractivity contribution in [2.45, 2.75) is 33.0 Å². The quantitative estimate of drug-likeness (QED) is 0.900. The van der Waals surface area contributed by atoms with Crippen molar-refractivity contribution in [3.63, 3.8) is 0 Å². The van der Waals surface area contributed by atoms with E-state index in [9.17, 15) is 9.50 Å². The number of hydrogen-bond acceptors (Lipinski definition) is 5. The van der Waals surface area contributed by atoms with E-state index in [2.05, 4.69) is 10.1 Å². The summed E-state index contributed by atoms with van der Waals surface area (Å²) in [7, 11) is 0. The van der Waals surface area contributed by atoms with Crippen LogP contribution in [0.2, 0.25) is 0 Å². The average molecular weight is 266 g/mol. The van der Waals surface area contributed by atoms with E-state index in [1.807, 2.05) is 6.92 Å². The summed E-state index contributed by atoms with van der Waals surface area (Å²) in [6, 6.07) is 4.30. The second kappa shape index (κ2) is 5.79. The third-order valence-corrected chi connectivity index (χ3v) is 2.60. The van der Waals surface area contributed by atoms with Crippen LogP contribution in [0.4, 0.5) is 4.39 Å². The van der Waals surface area contributed by atoms with Crippen molar-refractivity contribution in [3.8, 4) is 5.75 Å². The topological polar surface area (TPSA) is 68.4 Å². The molecule has 0 spiro atoms. The first-order chi connectivity index (χ1) is 9.10. The summed E-state index contributed by atoms with van der Waals surface area (Å²) < 4.78 is 23.9. The zero-order valence-corrected chi connectivity index (χ0v) is 10.8. The predicted molar refractivity (Wildman–Crippen MR) is 65.0 cm³/mol. The zero-order valence-electron chi connectivity index (χ0n) is 10.8. The Morgan fingerprint density at radius 1 is 1.47 bits per heavy atom. The summed E-state index contributed by atoms with van der Waals surface area (Å²) in [6.07, 6.45) is -0.191. The molecule has 1 N–H and O–H groups in total. The fraction of sp³-hybridized carbons (Fsp3) is 0.385. The lowest BCUT2D eigenvalue weighted by Gasteiger charge is -2.08. The first kappa shape index (κ1) is 13.5. The first-order valence-electron chi connectivity index (χ1n) is 6.02. The molecular formula is C13H15FN2O3. The molecule has 19 heavy (non-hydrogen) atoms. The second-order valence-corrected chi connectivity index (χ2v) is 4.11. The highest BCUT2D eigenvalue weighted by Gasteiger charge is 2.10. The van der Waals surface area contributed by atoms with E-state index in [-0.39, 0.29) is 12.2 Å². The van der Waals surface area contributed by atoms with Crippen molar-refractivity contribution in [2.24, 2.45) is 0 Å². The molecule has 0 radical (unpaired) electrons. The maximum absolute atomic E-state index is 13.6. The van der Waals surface area contributed by atoms with E-state index in [1.165, 1.54) is 19.1 Å². The van der Waals surface area contributed by atoms with Crippen LogP contribution in [0.3, 0.4) is 0 Å². The maximum Gasteiger partial charge on any atom is 0.226 e. The minimum atomic E-state index is -0.849. The highest BCUT2D eigenvalue weighted by atomic mass is 19.1. The first-order valence-corrected chi connectivity index (χ1v) is 6.02. The molecule has 0 aliphatic heterocycles. The van der Waals surface area contributed by atoms with Crippen LogP contribution >= 0.6 is 0 Å². The van der Waals surface area contributed by atoms with Gasteiger partial charge in [0.2, 0.25) is 11.7 Å². The van der Waals surface area contributed by atoms with Gasteiger partial charge in [-0.1, -0.05) is 12.1 Å². The zero-order chi connectivity index (χ0) is 13.8. The minimum absolute atomic E-state index is 0.108. The lowest BCUT2D eigenvalue weighted by atomic mass is 10.1. The molecule has 5 nitrogen and oxygen atoms in total. The smallest absolute Gasteiger partial charge is 0.226 e. The van der Waals surface area contributed by atoms with E-state index >= 15 is 0 Å². The van der Waals surface area contributed by atoms with E-state index in [4.69, 9.17) is 9.26 Å². The fourth-order valence-electron chi connectivity index (χ4n) is 1.58. The second-order valence-electron chi connectivity index (χ2n) is 4.11. The molecule has 0 aliphatic rings. The Kier molecular flexibility index (Phi) is 4.11. The van der Waals surface area contributed by atoms with Gasteiger partial charge in [0.15, 0.2) is 6.61 Å². The average Bonchev–Trinajstić information content (AvgIpc) is 2.84. The van der Waals surface area contributed by atoms with Crippen molar-refractivity contribution < 1.29 is 18.8 Å². The van der Waals surface area contributed by atoms with E-state index < -0.39 is 11.9 Å². The van der Waals surface area contributed by atoms with Crippen molar-refractivity contribution in [1.29, 1.82) is 0 Å². The molecule has 0 saturated carbocycles. The molecule has 6 heteroatoms. The molecule has 0 unspecified atom stereocenters. The number of aliphatic hydroxyl groups excluding tert-OH is 1. The Hall–Kier alpha value is -1.95. The monoisotopic (exact) mass is 266 g/mol. The van der Waals surface area contributed by atoms with Gasteiger partial charge in [-0.3, -0.25) is 0 Å². The molecule has 0 saturated heterocycles. The van der Waals surface area contributed by atoms with Crippen molar-refractivity contribution >= 4 is 0 Å². The van der Waals surface area contributed by atoms with Crippen molar-refractivity contribution in [2.75, 3.05) is 0 Å². The van der Waals surface area contributed by atoms with Gasteiger partial charge in [-0.05, 0) is 19.1 Å². The number of hydrogen-bond donors (Lipinski definition) is 1. The Bertz CT molecular complexity index is 555. The highest BCUT2D eigenvalue weighted by Crippen LogP contribution is 2.22. The van der Waals surface area contributed by atoms with Crippen molar-refractivity contribution in [1.82, 2.24) is 10.1 Å². The minimum Gasteiger partial charge on any atom is -0.485 e. The Balaban J connectivity index is 2.01. The molecule has 1 aromatic carbocycles. The third-order valence-electron chi connectivity index (χ3n) is 2.60.